The van der Waals surface area contributed by atoms with Crippen LogP contribution >= 0.6 is 0 Å². The average Bonchev–Trinajstić information content (AvgIpc) is 3.06. The van der Waals surface area contributed by atoms with Crippen molar-refractivity contribution in [2.45, 2.75) is 6.92 Å². The smallest absolute Gasteiger partial charge is 0.319 e. The normalized spacial score (nSPS) is 10.3. The summed E-state index contributed by atoms with van der Waals surface area (Å²) in [4.78, 5) is 56.7. The molecule has 0 saturated carbocycles. The fourth-order valence-corrected chi connectivity index (χ4v) is 4.31. The summed E-state index contributed by atoms with van der Waals surface area (Å²) in [5.41, 5.74) is 3.11. The molecule has 2 N–H and O–H groups in total. The van der Waals surface area contributed by atoms with Crippen LogP contribution in [-0.4, -0.2) is 57.5 Å². The molecule has 5 amide bonds. The molecule has 4 rings (SSSR count). The van der Waals surface area contributed by atoms with Gasteiger partial charge in [0.05, 0.1) is 12.2 Å². The number of benzene rings is 4. The molecule has 4 aromatic carbocycles. The largest absolute Gasteiger partial charge is 0.482 e. The van der Waals surface area contributed by atoms with Crippen LogP contribution in [0, 0.1) is 6.92 Å². The van der Waals surface area contributed by atoms with Crippen molar-refractivity contribution in [2.75, 3.05) is 53.8 Å². The molecule has 0 aliphatic carbocycles. The van der Waals surface area contributed by atoms with Crippen molar-refractivity contribution in [3.05, 3.63) is 115 Å². The van der Waals surface area contributed by atoms with E-state index in [4.69, 9.17) is 4.74 Å². The molecule has 0 aliphatic rings. The highest BCUT2D eigenvalue weighted by atomic mass is 16.5. The predicted molar refractivity (Wildman–Crippen MR) is 172 cm³/mol. The Morgan fingerprint density at radius 1 is 0.659 bits per heavy atom. The van der Waals surface area contributed by atoms with Crippen molar-refractivity contribution >= 4 is 46.5 Å². The fourth-order valence-electron chi connectivity index (χ4n) is 4.31. The van der Waals surface area contributed by atoms with Crippen molar-refractivity contribution in [1.29, 1.82) is 0 Å². The van der Waals surface area contributed by atoms with Gasteiger partial charge in [-0.3, -0.25) is 19.3 Å². The number of urea groups is 1. The number of aryl methyl sites for hydroxylation is 1. The molecule has 10 nitrogen and oxygen atoms in total. The van der Waals surface area contributed by atoms with Gasteiger partial charge in [0.25, 0.3) is 5.91 Å². The predicted octanol–water partition coefficient (Wildman–Crippen LogP) is 4.85. The highest BCUT2D eigenvalue weighted by molar-refractivity contribution is 6.06. The second kappa shape index (κ2) is 15.0. The van der Waals surface area contributed by atoms with Crippen molar-refractivity contribution < 1.29 is 23.9 Å². The van der Waals surface area contributed by atoms with Gasteiger partial charge in [0.15, 0.2) is 6.61 Å². The molecule has 4 aromatic rings. The number of para-hydroxylation sites is 5. The maximum atomic E-state index is 13.6. The minimum Gasteiger partial charge on any atom is -0.482 e. The van der Waals surface area contributed by atoms with Gasteiger partial charge in [-0.15, -0.1) is 0 Å². The van der Waals surface area contributed by atoms with Gasteiger partial charge in [0.2, 0.25) is 11.8 Å². The second-order valence-corrected chi connectivity index (χ2v) is 9.94. The third-order valence-electron chi connectivity index (χ3n) is 6.93. The Hall–Kier alpha value is -5.64. The van der Waals surface area contributed by atoms with Crippen LogP contribution in [0.15, 0.2) is 109 Å². The molecule has 44 heavy (non-hydrogen) atoms. The molecule has 0 saturated heterocycles. The lowest BCUT2D eigenvalue weighted by atomic mass is 10.2. The molecule has 0 aromatic heterocycles. The van der Waals surface area contributed by atoms with Crippen LogP contribution in [-0.2, 0) is 14.4 Å². The highest BCUT2D eigenvalue weighted by Crippen LogP contribution is 2.29. The number of anilines is 4. The van der Waals surface area contributed by atoms with Crippen molar-refractivity contribution in [3.63, 3.8) is 0 Å². The molecule has 0 radical (unpaired) electrons. The van der Waals surface area contributed by atoms with E-state index in [0.29, 0.717) is 17.1 Å². The standard InChI is InChI=1S/C34H35N5O5/c1-25-14-10-11-19-28(25)36-34(43)35-22-31(40)39(23-32(41)37(2)26-15-6-4-7-16-26)29-20-12-13-21-30(29)44-24-33(42)38(3)27-17-8-5-9-18-27/h4-21H,22-24H2,1-3H3,(H2,35,36,43). The van der Waals surface area contributed by atoms with E-state index in [2.05, 4.69) is 10.6 Å². The average molecular weight is 594 g/mol. The SMILES string of the molecule is Cc1ccccc1NC(=O)NCC(=O)N(CC(=O)N(C)c1ccccc1)c1ccccc1OCC(=O)N(C)c1ccccc1. The molecule has 0 spiro atoms. The first-order chi connectivity index (χ1) is 21.2. The van der Waals surface area contributed by atoms with E-state index in [1.54, 1.807) is 62.6 Å². The van der Waals surface area contributed by atoms with E-state index in [-0.39, 0.29) is 36.4 Å². The number of hydrogen-bond acceptors (Lipinski definition) is 5. The van der Waals surface area contributed by atoms with E-state index in [1.165, 1.54) is 14.7 Å². The Bertz CT molecular complexity index is 1600. The van der Waals surface area contributed by atoms with Crippen LogP contribution in [0.3, 0.4) is 0 Å². The van der Waals surface area contributed by atoms with Gasteiger partial charge < -0.3 is 25.2 Å². The summed E-state index contributed by atoms with van der Waals surface area (Å²) in [5.74, 6) is -0.999. The first-order valence-electron chi connectivity index (χ1n) is 14.0. The first-order valence-corrected chi connectivity index (χ1v) is 14.0. The molecule has 0 heterocycles. The molecular weight excluding hydrogens is 558 g/mol. The van der Waals surface area contributed by atoms with E-state index in [1.807, 2.05) is 67.6 Å². The van der Waals surface area contributed by atoms with Gasteiger partial charge in [0, 0.05) is 31.2 Å². The molecular formula is C34H35N5O5. The molecule has 0 unspecified atom stereocenters. The lowest BCUT2D eigenvalue weighted by molar-refractivity contribution is -0.121. The Morgan fingerprint density at radius 3 is 1.84 bits per heavy atom. The number of rotatable bonds is 11. The van der Waals surface area contributed by atoms with Gasteiger partial charge >= 0.3 is 6.03 Å². The lowest BCUT2D eigenvalue weighted by Crippen LogP contribution is -2.46. The molecule has 226 valence electrons. The minimum absolute atomic E-state index is 0.232. The van der Waals surface area contributed by atoms with Crippen molar-refractivity contribution in [1.82, 2.24) is 5.32 Å². The summed E-state index contributed by atoms with van der Waals surface area (Å²) in [6, 6.07) is 31.5. The number of likely N-dealkylation sites (N-methyl/N-ethyl adjacent to an activating group) is 2. The van der Waals surface area contributed by atoms with Crippen LogP contribution in [0.25, 0.3) is 0 Å². The topological polar surface area (TPSA) is 111 Å². The van der Waals surface area contributed by atoms with Crippen LogP contribution < -0.4 is 30.1 Å². The number of nitrogens with one attached hydrogen (secondary N) is 2. The summed E-state index contributed by atoms with van der Waals surface area (Å²) in [7, 11) is 3.27. The van der Waals surface area contributed by atoms with Gasteiger partial charge in [-0.1, -0.05) is 66.7 Å². The molecule has 10 heteroatoms. The Morgan fingerprint density at radius 2 is 1.20 bits per heavy atom. The van der Waals surface area contributed by atoms with E-state index in [9.17, 15) is 19.2 Å². The summed E-state index contributed by atoms with van der Waals surface area (Å²) in [6.45, 7) is 0.809. The monoisotopic (exact) mass is 593 g/mol. The van der Waals surface area contributed by atoms with Gasteiger partial charge in [-0.2, -0.15) is 0 Å². The Kier molecular flexibility index (Phi) is 10.7. The zero-order valence-electron chi connectivity index (χ0n) is 24.9. The van der Waals surface area contributed by atoms with Crippen molar-refractivity contribution in [3.8, 4) is 5.75 Å². The lowest BCUT2D eigenvalue weighted by Gasteiger charge is -2.27. The Labute approximate surface area is 256 Å². The first kappa shape index (κ1) is 31.3. The van der Waals surface area contributed by atoms with Gasteiger partial charge in [-0.25, -0.2) is 4.79 Å². The second-order valence-electron chi connectivity index (χ2n) is 9.94. The summed E-state index contributed by atoms with van der Waals surface area (Å²) in [6.07, 6.45) is 0. The van der Waals surface area contributed by atoms with E-state index >= 15 is 0 Å². The number of ether oxygens (including phenoxy) is 1. The van der Waals surface area contributed by atoms with Crippen LogP contribution in [0.1, 0.15) is 5.56 Å². The summed E-state index contributed by atoms with van der Waals surface area (Å²) >= 11 is 0. The van der Waals surface area contributed by atoms with Crippen LogP contribution in [0.4, 0.5) is 27.5 Å². The van der Waals surface area contributed by atoms with E-state index < -0.39 is 18.5 Å². The quantitative estimate of drug-likeness (QED) is 0.258. The number of nitrogens with zero attached hydrogens (tertiary/aromatic N) is 3. The van der Waals surface area contributed by atoms with Crippen molar-refractivity contribution in [2.24, 2.45) is 0 Å². The molecule has 0 bridgehead atoms. The number of hydrogen-bond donors (Lipinski definition) is 2. The van der Waals surface area contributed by atoms with Gasteiger partial charge in [-0.05, 0) is 55.0 Å². The third-order valence-corrected chi connectivity index (χ3v) is 6.93. The third kappa shape index (κ3) is 8.22. The maximum absolute atomic E-state index is 13.6. The Balaban J connectivity index is 1.53. The fraction of sp³-hybridized carbons (Fsp3) is 0.176. The minimum atomic E-state index is -0.570. The molecule has 0 fully saturated rings. The van der Waals surface area contributed by atoms with Gasteiger partial charge in [0.1, 0.15) is 12.3 Å². The van der Waals surface area contributed by atoms with E-state index in [0.717, 1.165) is 5.56 Å². The zero-order chi connectivity index (χ0) is 31.5. The molecule has 0 atom stereocenters. The number of amides is 5. The number of carbonyl (C=O) groups is 4. The van der Waals surface area contributed by atoms with Crippen LogP contribution in [0.2, 0.25) is 0 Å². The van der Waals surface area contributed by atoms with Crippen LogP contribution in [0.5, 0.6) is 5.75 Å². The summed E-state index contributed by atoms with van der Waals surface area (Å²) in [5, 5.41) is 5.31. The summed E-state index contributed by atoms with van der Waals surface area (Å²) < 4.78 is 5.91. The highest BCUT2D eigenvalue weighted by Gasteiger charge is 2.25. The molecule has 0 aliphatic heterocycles. The number of carbonyl (C=O) groups excluding carboxylic acids is 4. The maximum Gasteiger partial charge on any atom is 0.319 e. The zero-order valence-corrected chi connectivity index (χ0v) is 24.9.